The van der Waals surface area contributed by atoms with Crippen LogP contribution in [-0.2, 0) is 0 Å². The van der Waals surface area contributed by atoms with E-state index < -0.39 is 0 Å². The van der Waals surface area contributed by atoms with E-state index >= 15 is 0 Å². The van der Waals surface area contributed by atoms with Gasteiger partial charge in [0.25, 0.3) is 5.56 Å². The third-order valence-corrected chi connectivity index (χ3v) is 3.11. The Bertz CT molecular complexity index is 376. The Kier molecular flexibility index (Phi) is 4.47. The maximum Gasteiger partial charge on any atom is 0.252 e. The molecule has 0 atom stereocenters. The predicted molar refractivity (Wildman–Crippen MR) is 66.4 cm³/mol. The first-order valence-electron chi connectivity index (χ1n) is 4.66. The smallest absolute Gasteiger partial charge is 0.252 e. The first-order valence-corrected chi connectivity index (χ1v) is 5.82. The van der Waals surface area contributed by atoms with E-state index in [1.807, 2.05) is 18.7 Å². The quantitative estimate of drug-likeness (QED) is 0.806. The number of nitrogens with one attached hydrogen (secondary N) is 1. The molecule has 1 aliphatic heterocycles. The lowest BCUT2D eigenvalue weighted by atomic mass is 10.4. The number of nitrogens with zero attached hydrogens (tertiary/aromatic N) is 2. The highest BCUT2D eigenvalue weighted by atomic mass is 35.5. The van der Waals surface area contributed by atoms with Crippen molar-refractivity contribution in [2.75, 3.05) is 29.5 Å². The number of rotatable bonds is 1. The van der Waals surface area contributed by atoms with Gasteiger partial charge in [0.1, 0.15) is 0 Å². The summed E-state index contributed by atoms with van der Waals surface area (Å²) in [7, 11) is 0. The van der Waals surface area contributed by atoms with Crippen LogP contribution in [0.5, 0.6) is 0 Å². The highest BCUT2D eigenvalue weighted by Crippen LogP contribution is 2.13. The molecular formula is C9H14ClN3OS. The number of H-pyrrole nitrogens is 1. The first kappa shape index (κ1) is 12.4. The number of halogens is 1. The average Bonchev–Trinajstić information content (AvgIpc) is 2.18. The number of thioether (sulfide) groups is 1. The molecule has 15 heavy (non-hydrogen) atoms. The molecule has 2 heterocycles. The summed E-state index contributed by atoms with van der Waals surface area (Å²) in [5.74, 6) is 2.94. The van der Waals surface area contributed by atoms with Crippen LogP contribution in [0, 0.1) is 6.92 Å². The molecule has 1 aliphatic rings. The minimum Gasteiger partial charge on any atom is -0.341 e. The molecule has 1 saturated heterocycles. The van der Waals surface area contributed by atoms with Gasteiger partial charge in [-0.05, 0) is 6.92 Å². The summed E-state index contributed by atoms with van der Waals surface area (Å²) >= 11 is 1.94. The topological polar surface area (TPSA) is 49.0 Å². The van der Waals surface area contributed by atoms with Gasteiger partial charge in [-0.15, -0.1) is 12.4 Å². The summed E-state index contributed by atoms with van der Waals surface area (Å²) in [6.45, 7) is 3.78. The Balaban J connectivity index is 0.00000112. The summed E-state index contributed by atoms with van der Waals surface area (Å²) in [6.07, 6.45) is 0. The van der Waals surface area contributed by atoms with Gasteiger partial charge in [0.15, 0.2) is 0 Å². The van der Waals surface area contributed by atoms with Gasteiger partial charge in [-0.2, -0.15) is 11.8 Å². The lowest BCUT2D eigenvalue weighted by molar-refractivity contribution is 0.806. The molecule has 84 valence electrons. The third-order valence-electron chi connectivity index (χ3n) is 2.17. The third kappa shape index (κ3) is 3.14. The largest absolute Gasteiger partial charge is 0.341 e. The Morgan fingerprint density at radius 1 is 1.47 bits per heavy atom. The van der Waals surface area contributed by atoms with E-state index in [-0.39, 0.29) is 18.0 Å². The van der Waals surface area contributed by atoms with Crippen molar-refractivity contribution in [2.45, 2.75) is 6.92 Å². The molecule has 2 rings (SSSR count). The van der Waals surface area contributed by atoms with Crippen LogP contribution in [0.3, 0.4) is 0 Å². The maximum absolute atomic E-state index is 11.2. The van der Waals surface area contributed by atoms with Gasteiger partial charge in [-0.1, -0.05) is 0 Å². The molecular weight excluding hydrogens is 234 g/mol. The standard InChI is InChI=1S/C9H13N3OS.ClH/c1-7-6-8(13)11-9(10-7)12-2-4-14-5-3-12;/h6H,2-5H2,1H3,(H,10,11,13);1H. The lowest BCUT2D eigenvalue weighted by Crippen LogP contribution is -2.35. The normalized spacial score (nSPS) is 15.9. The van der Waals surface area contributed by atoms with Crippen molar-refractivity contribution in [1.82, 2.24) is 9.97 Å². The highest BCUT2D eigenvalue weighted by molar-refractivity contribution is 7.99. The van der Waals surface area contributed by atoms with Crippen LogP contribution in [0.4, 0.5) is 5.95 Å². The fourth-order valence-electron chi connectivity index (χ4n) is 1.49. The Labute approximate surface area is 98.9 Å². The first-order chi connectivity index (χ1) is 6.75. The second kappa shape index (κ2) is 5.42. The number of hydrogen-bond acceptors (Lipinski definition) is 4. The molecule has 1 aromatic rings. The van der Waals surface area contributed by atoms with Gasteiger partial charge >= 0.3 is 0 Å². The van der Waals surface area contributed by atoms with E-state index in [4.69, 9.17) is 0 Å². The van der Waals surface area contributed by atoms with Crippen LogP contribution in [0.25, 0.3) is 0 Å². The van der Waals surface area contributed by atoms with Crippen molar-refractivity contribution >= 4 is 30.1 Å². The zero-order valence-electron chi connectivity index (χ0n) is 8.52. The number of anilines is 1. The summed E-state index contributed by atoms with van der Waals surface area (Å²) in [6, 6.07) is 1.52. The van der Waals surface area contributed by atoms with E-state index in [2.05, 4.69) is 14.9 Å². The van der Waals surface area contributed by atoms with E-state index in [9.17, 15) is 4.79 Å². The van der Waals surface area contributed by atoms with Crippen molar-refractivity contribution in [2.24, 2.45) is 0 Å². The molecule has 0 unspecified atom stereocenters. The summed E-state index contributed by atoms with van der Waals surface area (Å²) in [5.41, 5.74) is 0.715. The van der Waals surface area contributed by atoms with Gasteiger partial charge in [-0.3, -0.25) is 9.78 Å². The van der Waals surface area contributed by atoms with Gasteiger partial charge < -0.3 is 4.90 Å². The minimum atomic E-state index is -0.0641. The average molecular weight is 248 g/mol. The molecule has 0 spiro atoms. The SMILES string of the molecule is Cc1cc(=O)[nH]c(N2CCSCC2)n1.Cl. The van der Waals surface area contributed by atoms with E-state index in [0.29, 0.717) is 0 Å². The molecule has 0 aromatic carbocycles. The summed E-state index contributed by atoms with van der Waals surface area (Å²) < 4.78 is 0. The molecule has 0 amide bonds. The van der Waals surface area contributed by atoms with Gasteiger partial charge in [0.2, 0.25) is 5.95 Å². The number of hydrogen-bond donors (Lipinski definition) is 1. The van der Waals surface area contributed by atoms with Crippen LogP contribution in [0.1, 0.15) is 5.69 Å². The molecule has 0 saturated carbocycles. The summed E-state index contributed by atoms with van der Waals surface area (Å²) in [5, 5.41) is 0. The summed E-state index contributed by atoms with van der Waals surface area (Å²) in [4.78, 5) is 20.4. The van der Waals surface area contributed by atoms with E-state index in [0.717, 1.165) is 36.2 Å². The van der Waals surface area contributed by atoms with Crippen LogP contribution in [0.15, 0.2) is 10.9 Å². The minimum absolute atomic E-state index is 0. The van der Waals surface area contributed by atoms with Crippen molar-refractivity contribution < 1.29 is 0 Å². The van der Waals surface area contributed by atoms with Crippen LogP contribution >= 0.6 is 24.2 Å². The number of aromatic amines is 1. The van der Waals surface area contributed by atoms with Gasteiger partial charge in [0, 0.05) is 36.4 Å². The molecule has 0 bridgehead atoms. The van der Waals surface area contributed by atoms with Gasteiger partial charge in [0.05, 0.1) is 0 Å². The van der Waals surface area contributed by atoms with Crippen LogP contribution < -0.4 is 10.5 Å². The lowest BCUT2D eigenvalue weighted by Gasteiger charge is -2.26. The second-order valence-electron chi connectivity index (χ2n) is 3.31. The number of aryl methyl sites for hydroxylation is 1. The molecule has 0 aliphatic carbocycles. The number of aromatic nitrogens is 2. The molecule has 1 fully saturated rings. The molecule has 1 N–H and O–H groups in total. The van der Waals surface area contributed by atoms with Gasteiger partial charge in [-0.25, -0.2) is 4.98 Å². The van der Waals surface area contributed by atoms with Crippen LogP contribution in [-0.4, -0.2) is 34.6 Å². The fraction of sp³-hybridized carbons (Fsp3) is 0.556. The fourth-order valence-corrected chi connectivity index (χ4v) is 2.39. The molecule has 0 radical (unpaired) electrons. The molecule has 1 aromatic heterocycles. The maximum atomic E-state index is 11.2. The van der Waals surface area contributed by atoms with Crippen molar-refractivity contribution in [3.8, 4) is 0 Å². The highest BCUT2D eigenvalue weighted by Gasteiger charge is 2.13. The van der Waals surface area contributed by atoms with E-state index in [1.165, 1.54) is 6.07 Å². The zero-order valence-corrected chi connectivity index (χ0v) is 10.2. The van der Waals surface area contributed by atoms with Crippen LogP contribution in [0.2, 0.25) is 0 Å². The predicted octanol–water partition coefficient (Wildman–Crippen LogP) is 1.05. The Hall–Kier alpha value is -0.680. The van der Waals surface area contributed by atoms with Crippen molar-refractivity contribution in [1.29, 1.82) is 0 Å². The van der Waals surface area contributed by atoms with Crippen molar-refractivity contribution in [3.05, 3.63) is 22.1 Å². The Morgan fingerprint density at radius 3 is 2.73 bits per heavy atom. The van der Waals surface area contributed by atoms with Crippen molar-refractivity contribution in [3.63, 3.8) is 0 Å². The Morgan fingerprint density at radius 2 is 2.13 bits per heavy atom. The molecule has 6 heteroatoms. The second-order valence-corrected chi connectivity index (χ2v) is 4.53. The zero-order chi connectivity index (χ0) is 9.97. The molecule has 4 nitrogen and oxygen atoms in total. The monoisotopic (exact) mass is 247 g/mol. The van der Waals surface area contributed by atoms with E-state index in [1.54, 1.807) is 0 Å².